The van der Waals surface area contributed by atoms with Gasteiger partial charge < -0.3 is 14.3 Å². The van der Waals surface area contributed by atoms with Crippen LogP contribution in [0.15, 0.2) is 28.8 Å². The van der Waals surface area contributed by atoms with Crippen molar-refractivity contribution in [3.8, 4) is 0 Å². The first kappa shape index (κ1) is 19.9. The van der Waals surface area contributed by atoms with E-state index in [1.807, 2.05) is 11.8 Å². The molecule has 2 aliphatic heterocycles. The maximum absolute atomic E-state index is 13.1. The fourth-order valence-corrected chi connectivity index (χ4v) is 4.35. The van der Waals surface area contributed by atoms with E-state index >= 15 is 0 Å². The lowest BCUT2D eigenvalue weighted by Crippen LogP contribution is -2.48. The van der Waals surface area contributed by atoms with Gasteiger partial charge in [0.25, 0.3) is 5.91 Å². The number of hydrogen-bond acceptors (Lipinski definition) is 5. The molecule has 0 spiro atoms. The Morgan fingerprint density at radius 3 is 2.45 bits per heavy atom. The maximum atomic E-state index is 13.1. The fraction of sp³-hybridized carbons (Fsp3) is 0.524. The Hall–Kier alpha value is -2.41. The first-order chi connectivity index (χ1) is 14.0. The minimum atomic E-state index is -0.137. The van der Waals surface area contributed by atoms with Gasteiger partial charge in [0.1, 0.15) is 0 Å². The van der Waals surface area contributed by atoms with Gasteiger partial charge in [-0.05, 0) is 56.9 Å². The number of aromatic nitrogens is 2. The second kappa shape index (κ2) is 8.53. The predicted octanol–water partition coefficient (Wildman–Crippen LogP) is 3.29. The molecule has 154 valence electrons. The number of carbonyl (C=O) groups excluding carboxylic acids is 2. The molecule has 2 saturated heterocycles. The maximum Gasteiger partial charge on any atom is 0.253 e. The normalized spacial score (nSPS) is 20.7. The summed E-state index contributed by atoms with van der Waals surface area (Å²) in [5, 5.41) is 4.47. The average Bonchev–Trinajstić information content (AvgIpc) is 3.20. The van der Waals surface area contributed by atoms with Crippen molar-refractivity contribution in [2.45, 2.75) is 38.5 Å². The standard InChI is InChI=1S/C21H25ClN4O3/c1-14-23-19(29-24-14)15-8-11-25(12-9-15)21(28)17-3-2-10-26(13-17)20(27)16-4-6-18(22)7-5-16/h4-7,15,17H,2-3,8-13H2,1H3. The van der Waals surface area contributed by atoms with Gasteiger partial charge in [0.05, 0.1) is 5.92 Å². The highest BCUT2D eigenvalue weighted by Gasteiger charge is 2.34. The molecule has 1 atom stereocenters. The zero-order valence-corrected chi connectivity index (χ0v) is 17.3. The molecule has 0 saturated carbocycles. The quantitative estimate of drug-likeness (QED) is 0.767. The number of benzene rings is 1. The molecule has 0 radical (unpaired) electrons. The molecule has 2 fully saturated rings. The van der Waals surface area contributed by atoms with Gasteiger partial charge in [-0.1, -0.05) is 16.8 Å². The second-order valence-electron chi connectivity index (χ2n) is 7.88. The van der Waals surface area contributed by atoms with Crippen molar-refractivity contribution in [1.82, 2.24) is 19.9 Å². The summed E-state index contributed by atoms with van der Waals surface area (Å²) in [4.78, 5) is 33.9. The third kappa shape index (κ3) is 4.45. The van der Waals surface area contributed by atoms with Gasteiger partial charge in [-0.2, -0.15) is 4.98 Å². The molecule has 0 aliphatic carbocycles. The van der Waals surface area contributed by atoms with E-state index in [0.29, 0.717) is 48.5 Å². The van der Waals surface area contributed by atoms with Crippen LogP contribution >= 0.6 is 11.6 Å². The smallest absolute Gasteiger partial charge is 0.253 e. The third-order valence-electron chi connectivity index (χ3n) is 5.85. The van der Waals surface area contributed by atoms with Crippen LogP contribution in [0.25, 0.3) is 0 Å². The van der Waals surface area contributed by atoms with Crippen LogP contribution in [0.3, 0.4) is 0 Å². The van der Waals surface area contributed by atoms with Crippen molar-refractivity contribution in [3.63, 3.8) is 0 Å². The number of carbonyl (C=O) groups is 2. The van der Waals surface area contributed by atoms with E-state index < -0.39 is 0 Å². The Kier molecular flexibility index (Phi) is 5.85. The van der Waals surface area contributed by atoms with E-state index in [9.17, 15) is 9.59 Å². The number of hydrogen-bond donors (Lipinski definition) is 0. The Morgan fingerprint density at radius 1 is 1.07 bits per heavy atom. The van der Waals surface area contributed by atoms with Crippen LogP contribution in [0.4, 0.5) is 0 Å². The fourth-order valence-electron chi connectivity index (χ4n) is 4.22. The van der Waals surface area contributed by atoms with E-state index in [-0.39, 0.29) is 23.7 Å². The van der Waals surface area contributed by atoms with Gasteiger partial charge in [0.2, 0.25) is 11.8 Å². The second-order valence-corrected chi connectivity index (χ2v) is 8.31. The van der Waals surface area contributed by atoms with Crippen molar-refractivity contribution < 1.29 is 14.1 Å². The van der Waals surface area contributed by atoms with Crippen LogP contribution in [0, 0.1) is 12.8 Å². The van der Waals surface area contributed by atoms with Crippen LogP contribution in [-0.2, 0) is 4.79 Å². The summed E-state index contributed by atoms with van der Waals surface area (Å²) in [5.41, 5.74) is 0.609. The molecule has 4 rings (SSSR count). The topological polar surface area (TPSA) is 79.5 Å². The van der Waals surface area contributed by atoms with Gasteiger partial charge in [0.15, 0.2) is 5.82 Å². The van der Waals surface area contributed by atoms with Crippen molar-refractivity contribution in [1.29, 1.82) is 0 Å². The zero-order chi connectivity index (χ0) is 20.4. The van der Waals surface area contributed by atoms with E-state index in [1.54, 1.807) is 29.2 Å². The lowest BCUT2D eigenvalue weighted by molar-refractivity contribution is -0.138. The van der Waals surface area contributed by atoms with Gasteiger partial charge >= 0.3 is 0 Å². The van der Waals surface area contributed by atoms with Crippen molar-refractivity contribution in [3.05, 3.63) is 46.6 Å². The number of rotatable bonds is 3. The molecule has 8 heteroatoms. The summed E-state index contributed by atoms with van der Waals surface area (Å²) in [6, 6.07) is 6.91. The summed E-state index contributed by atoms with van der Waals surface area (Å²) >= 11 is 5.92. The zero-order valence-electron chi connectivity index (χ0n) is 16.5. The average molecular weight is 417 g/mol. The molecule has 7 nitrogen and oxygen atoms in total. The van der Waals surface area contributed by atoms with Crippen molar-refractivity contribution in [2.75, 3.05) is 26.2 Å². The monoisotopic (exact) mass is 416 g/mol. The first-order valence-corrected chi connectivity index (χ1v) is 10.5. The van der Waals surface area contributed by atoms with E-state index in [2.05, 4.69) is 10.1 Å². The highest BCUT2D eigenvalue weighted by atomic mass is 35.5. The Balaban J connectivity index is 1.34. The number of nitrogens with zero attached hydrogens (tertiary/aromatic N) is 4. The molecule has 2 amide bonds. The van der Waals surface area contributed by atoms with Crippen LogP contribution < -0.4 is 0 Å². The number of halogens is 1. The van der Waals surface area contributed by atoms with E-state index in [4.69, 9.17) is 16.1 Å². The lowest BCUT2D eigenvalue weighted by atomic mass is 9.92. The highest BCUT2D eigenvalue weighted by molar-refractivity contribution is 6.30. The van der Waals surface area contributed by atoms with E-state index in [1.165, 1.54) is 0 Å². The molecule has 3 heterocycles. The summed E-state index contributed by atoms with van der Waals surface area (Å²) in [6.07, 6.45) is 3.32. The molecule has 1 aromatic heterocycles. The predicted molar refractivity (Wildman–Crippen MR) is 108 cm³/mol. The Bertz CT molecular complexity index is 874. The van der Waals surface area contributed by atoms with Crippen LogP contribution in [0.5, 0.6) is 0 Å². The van der Waals surface area contributed by atoms with Crippen LogP contribution in [0.1, 0.15) is 53.7 Å². The Labute approximate surface area is 175 Å². The summed E-state index contributed by atoms with van der Waals surface area (Å²) < 4.78 is 5.29. The third-order valence-corrected chi connectivity index (χ3v) is 6.10. The molecule has 29 heavy (non-hydrogen) atoms. The lowest BCUT2D eigenvalue weighted by Gasteiger charge is -2.37. The highest BCUT2D eigenvalue weighted by Crippen LogP contribution is 2.29. The van der Waals surface area contributed by atoms with Crippen LogP contribution in [-0.4, -0.2) is 57.9 Å². The molecular weight excluding hydrogens is 392 g/mol. The van der Waals surface area contributed by atoms with Gasteiger partial charge in [-0.15, -0.1) is 0 Å². The number of piperidine rings is 2. The van der Waals surface area contributed by atoms with Gasteiger partial charge in [-0.25, -0.2) is 0 Å². The summed E-state index contributed by atoms with van der Waals surface area (Å²) in [5.74, 6) is 1.51. The minimum absolute atomic E-state index is 0.0374. The summed E-state index contributed by atoms with van der Waals surface area (Å²) in [6.45, 7) is 4.35. The largest absolute Gasteiger partial charge is 0.342 e. The molecule has 2 aliphatic rings. The summed E-state index contributed by atoms with van der Waals surface area (Å²) in [7, 11) is 0. The number of amides is 2. The van der Waals surface area contributed by atoms with Gasteiger partial charge in [-0.3, -0.25) is 9.59 Å². The van der Waals surface area contributed by atoms with Crippen molar-refractivity contribution in [2.24, 2.45) is 5.92 Å². The molecule has 1 aromatic carbocycles. The molecule has 0 bridgehead atoms. The Morgan fingerprint density at radius 2 is 1.79 bits per heavy atom. The molecule has 0 N–H and O–H groups in total. The number of aryl methyl sites for hydroxylation is 1. The molecule has 2 aromatic rings. The van der Waals surface area contributed by atoms with Gasteiger partial charge in [0, 0.05) is 42.7 Å². The SMILES string of the molecule is Cc1noc(C2CCN(C(=O)C3CCCN(C(=O)c4ccc(Cl)cc4)C3)CC2)n1. The van der Waals surface area contributed by atoms with Crippen LogP contribution in [0.2, 0.25) is 5.02 Å². The number of likely N-dealkylation sites (tertiary alicyclic amines) is 2. The van der Waals surface area contributed by atoms with E-state index in [0.717, 1.165) is 25.7 Å². The molecular formula is C21H25ClN4O3. The van der Waals surface area contributed by atoms with Crippen molar-refractivity contribution >= 4 is 23.4 Å². The minimum Gasteiger partial charge on any atom is -0.342 e. The first-order valence-electron chi connectivity index (χ1n) is 10.1. The molecule has 1 unspecified atom stereocenters.